The number of carbonyl (C=O) groups is 1. The average Bonchev–Trinajstić information content (AvgIpc) is 3.27. The first-order valence-corrected chi connectivity index (χ1v) is 10.8. The van der Waals surface area contributed by atoms with Gasteiger partial charge in [-0.25, -0.2) is 0 Å². The molecule has 0 aliphatic carbocycles. The van der Waals surface area contributed by atoms with E-state index < -0.39 is 0 Å². The van der Waals surface area contributed by atoms with E-state index in [2.05, 4.69) is 26.8 Å². The van der Waals surface area contributed by atoms with Gasteiger partial charge in [0.2, 0.25) is 6.79 Å². The maximum Gasteiger partial charge on any atom is 0.266 e. The Morgan fingerprint density at radius 2 is 1.74 bits per heavy atom. The number of hydrogen-bond acceptors (Lipinski definition) is 8. The van der Waals surface area contributed by atoms with E-state index in [1.165, 1.54) is 5.56 Å². The Balaban J connectivity index is 1.27. The summed E-state index contributed by atoms with van der Waals surface area (Å²) < 4.78 is 10.8. The normalized spacial score (nSPS) is 20.1. The Morgan fingerprint density at radius 1 is 1.03 bits per heavy atom. The molecule has 166 valence electrons. The van der Waals surface area contributed by atoms with E-state index in [4.69, 9.17) is 15.2 Å². The molecule has 0 spiro atoms. The molecule has 0 aromatic heterocycles. The van der Waals surface area contributed by atoms with Crippen molar-refractivity contribution in [3.63, 3.8) is 0 Å². The Hall–Kier alpha value is -2.80. The number of hydrogen-bond donors (Lipinski definition) is 1. The summed E-state index contributed by atoms with van der Waals surface area (Å²) >= 11 is 0. The first-order chi connectivity index (χ1) is 15.2. The van der Waals surface area contributed by atoms with Crippen molar-refractivity contribution in [2.24, 2.45) is 5.73 Å². The third-order valence-electron chi connectivity index (χ3n) is 6.02. The fourth-order valence-electron chi connectivity index (χ4n) is 4.19. The smallest absolute Gasteiger partial charge is 0.266 e. The van der Waals surface area contributed by atoms with Crippen LogP contribution in [0.3, 0.4) is 0 Å². The molecule has 1 aromatic carbocycles. The quantitative estimate of drug-likeness (QED) is 0.503. The number of nitriles is 1. The van der Waals surface area contributed by atoms with Crippen LogP contribution in [0, 0.1) is 11.3 Å². The lowest BCUT2D eigenvalue weighted by atomic mass is 10.1. The molecule has 0 unspecified atom stereocenters. The van der Waals surface area contributed by atoms with E-state index >= 15 is 0 Å². The number of nitrogens with two attached hydrogens (primary N) is 1. The van der Waals surface area contributed by atoms with Gasteiger partial charge in [-0.15, -0.1) is 0 Å². The summed E-state index contributed by atoms with van der Waals surface area (Å²) in [5.74, 6) is 1.44. The summed E-state index contributed by atoms with van der Waals surface area (Å²) in [4.78, 5) is 21.3. The Bertz CT molecular complexity index is 851. The van der Waals surface area contributed by atoms with Crippen molar-refractivity contribution in [2.75, 3.05) is 72.2 Å². The molecule has 1 amide bonds. The minimum atomic E-state index is -0.169. The van der Waals surface area contributed by atoms with Gasteiger partial charge in [-0.2, -0.15) is 5.26 Å². The van der Waals surface area contributed by atoms with E-state index in [9.17, 15) is 10.1 Å². The SMILES string of the molecule is N#C/C(=C/N1CCN(Cc2ccc3c(c2)OCO3)CC1)C(=O)N1CCN(CCN)CC1. The van der Waals surface area contributed by atoms with Crippen LogP contribution in [0.2, 0.25) is 0 Å². The third kappa shape index (κ3) is 5.28. The molecule has 0 atom stereocenters. The van der Waals surface area contributed by atoms with Crippen molar-refractivity contribution < 1.29 is 14.3 Å². The molecular formula is C22H30N6O3. The van der Waals surface area contributed by atoms with Gasteiger partial charge in [-0.05, 0) is 17.7 Å². The van der Waals surface area contributed by atoms with Gasteiger partial charge in [-0.3, -0.25) is 14.6 Å². The zero-order chi connectivity index (χ0) is 21.6. The largest absolute Gasteiger partial charge is 0.454 e. The van der Waals surface area contributed by atoms with Crippen LogP contribution in [-0.2, 0) is 11.3 Å². The molecule has 4 rings (SSSR count). The minimum Gasteiger partial charge on any atom is -0.454 e. The second kappa shape index (κ2) is 10.0. The molecule has 9 heteroatoms. The second-order valence-corrected chi connectivity index (χ2v) is 8.08. The highest BCUT2D eigenvalue weighted by atomic mass is 16.7. The minimum absolute atomic E-state index is 0.169. The molecule has 2 saturated heterocycles. The molecule has 2 fully saturated rings. The number of carbonyl (C=O) groups excluding carboxylic acids is 1. The summed E-state index contributed by atoms with van der Waals surface area (Å²) in [5.41, 5.74) is 7.02. The highest BCUT2D eigenvalue weighted by Crippen LogP contribution is 2.32. The van der Waals surface area contributed by atoms with Crippen LogP contribution in [0.25, 0.3) is 0 Å². The highest BCUT2D eigenvalue weighted by molar-refractivity contribution is 5.97. The van der Waals surface area contributed by atoms with Crippen LogP contribution in [0.4, 0.5) is 0 Å². The van der Waals surface area contributed by atoms with Gasteiger partial charge in [0.05, 0.1) is 0 Å². The number of fused-ring (bicyclic) bond motifs is 1. The third-order valence-corrected chi connectivity index (χ3v) is 6.02. The van der Waals surface area contributed by atoms with Crippen molar-refractivity contribution in [1.82, 2.24) is 19.6 Å². The summed E-state index contributed by atoms with van der Waals surface area (Å²) in [7, 11) is 0. The van der Waals surface area contributed by atoms with Crippen LogP contribution in [0.1, 0.15) is 5.56 Å². The fraction of sp³-hybridized carbons (Fsp3) is 0.545. The van der Waals surface area contributed by atoms with Gasteiger partial charge in [0.1, 0.15) is 11.6 Å². The fourth-order valence-corrected chi connectivity index (χ4v) is 4.19. The lowest BCUT2D eigenvalue weighted by molar-refractivity contribution is -0.128. The Morgan fingerprint density at radius 3 is 2.45 bits per heavy atom. The lowest BCUT2D eigenvalue weighted by Crippen LogP contribution is -2.50. The number of rotatable bonds is 6. The number of benzene rings is 1. The predicted octanol–water partition coefficient (Wildman–Crippen LogP) is 0.0433. The van der Waals surface area contributed by atoms with Crippen molar-refractivity contribution in [3.8, 4) is 17.6 Å². The first-order valence-electron chi connectivity index (χ1n) is 10.8. The van der Waals surface area contributed by atoms with Gasteiger partial charge < -0.3 is 25.0 Å². The highest BCUT2D eigenvalue weighted by Gasteiger charge is 2.25. The molecule has 0 radical (unpaired) electrons. The maximum absolute atomic E-state index is 12.8. The van der Waals surface area contributed by atoms with E-state index in [1.807, 2.05) is 12.1 Å². The Labute approximate surface area is 183 Å². The molecular weight excluding hydrogens is 396 g/mol. The zero-order valence-electron chi connectivity index (χ0n) is 17.8. The standard InChI is InChI=1S/C22H30N6O3/c23-3-4-25-9-11-28(12-10-25)22(29)19(14-24)16-27-7-5-26(6-8-27)15-18-1-2-20-21(13-18)31-17-30-20/h1-2,13,16H,3-12,15,17,23H2/b19-16-. The first kappa shape index (κ1) is 21.4. The van der Waals surface area contributed by atoms with E-state index in [-0.39, 0.29) is 18.3 Å². The molecule has 3 aliphatic heterocycles. The van der Waals surface area contributed by atoms with Crippen molar-refractivity contribution in [3.05, 3.63) is 35.5 Å². The molecule has 0 bridgehead atoms. The van der Waals surface area contributed by atoms with Crippen LogP contribution in [0.5, 0.6) is 11.5 Å². The van der Waals surface area contributed by atoms with Crippen LogP contribution < -0.4 is 15.2 Å². The second-order valence-electron chi connectivity index (χ2n) is 8.08. The summed E-state index contributed by atoms with van der Waals surface area (Å²) in [5, 5.41) is 9.57. The van der Waals surface area contributed by atoms with Gasteiger partial charge in [0.25, 0.3) is 5.91 Å². The topological polar surface area (TPSA) is 98.3 Å². The van der Waals surface area contributed by atoms with Crippen molar-refractivity contribution >= 4 is 5.91 Å². The number of amides is 1. The van der Waals surface area contributed by atoms with Gasteiger partial charge in [0, 0.05) is 78.2 Å². The van der Waals surface area contributed by atoms with E-state index in [0.29, 0.717) is 19.6 Å². The molecule has 31 heavy (non-hydrogen) atoms. The van der Waals surface area contributed by atoms with Crippen LogP contribution >= 0.6 is 0 Å². The van der Waals surface area contributed by atoms with Crippen LogP contribution in [-0.4, -0.2) is 97.7 Å². The Kier molecular flexibility index (Phi) is 6.92. The summed E-state index contributed by atoms with van der Waals surface area (Å²) in [6, 6.07) is 8.17. The van der Waals surface area contributed by atoms with E-state index in [1.54, 1.807) is 11.1 Å². The van der Waals surface area contributed by atoms with Gasteiger partial charge in [0.15, 0.2) is 11.5 Å². The van der Waals surface area contributed by atoms with Crippen molar-refractivity contribution in [1.29, 1.82) is 5.26 Å². The summed E-state index contributed by atoms with van der Waals surface area (Å²) in [6.45, 7) is 8.80. The number of nitrogens with zero attached hydrogens (tertiary/aromatic N) is 5. The number of piperazine rings is 2. The lowest BCUT2D eigenvalue weighted by Gasteiger charge is -2.35. The summed E-state index contributed by atoms with van der Waals surface area (Å²) in [6.07, 6.45) is 1.74. The predicted molar refractivity (Wildman–Crippen MR) is 115 cm³/mol. The molecule has 9 nitrogen and oxygen atoms in total. The molecule has 0 saturated carbocycles. The zero-order valence-corrected chi connectivity index (χ0v) is 17.8. The number of ether oxygens (including phenoxy) is 2. The molecule has 2 N–H and O–H groups in total. The van der Waals surface area contributed by atoms with Gasteiger partial charge >= 0.3 is 0 Å². The average molecular weight is 427 g/mol. The molecule has 1 aromatic rings. The molecule has 3 aliphatic rings. The molecule has 3 heterocycles. The van der Waals surface area contributed by atoms with Crippen molar-refractivity contribution in [2.45, 2.75) is 6.54 Å². The van der Waals surface area contributed by atoms with Crippen LogP contribution in [0.15, 0.2) is 30.0 Å². The van der Waals surface area contributed by atoms with Gasteiger partial charge in [-0.1, -0.05) is 6.07 Å². The monoisotopic (exact) mass is 426 g/mol. The van der Waals surface area contributed by atoms with E-state index in [0.717, 1.165) is 63.9 Å². The maximum atomic E-state index is 12.8.